The number of hydrogen-bond donors (Lipinski definition) is 4. The minimum absolute atomic E-state index is 0.0406. The molecule has 4 rings (SSSR count). The Bertz CT molecular complexity index is 1180. The molecule has 1 atom stereocenters. The third-order valence-electron chi connectivity index (χ3n) is 6.71. The Balaban J connectivity index is 1.27. The zero-order chi connectivity index (χ0) is 25.5. The van der Waals surface area contributed by atoms with Gasteiger partial charge in [0.25, 0.3) is 5.91 Å². The number of anilines is 1. The van der Waals surface area contributed by atoms with Crippen LogP contribution < -0.4 is 15.4 Å². The van der Waals surface area contributed by atoms with Gasteiger partial charge in [-0.05, 0) is 43.2 Å². The number of sulfonamides is 1. The number of nitrogens with zero attached hydrogens (tertiary/aromatic N) is 3. The monoisotopic (exact) mass is 518 g/mol. The fraction of sp³-hybridized carbons (Fsp3) is 0.583. The Morgan fingerprint density at radius 1 is 1.19 bits per heavy atom. The number of hydrogen-bond acceptors (Lipinski definition) is 7. The van der Waals surface area contributed by atoms with Crippen LogP contribution in [0.3, 0.4) is 0 Å². The normalized spacial score (nSPS) is 17.1. The number of rotatable bonds is 11. The highest BCUT2D eigenvalue weighted by Crippen LogP contribution is 2.24. The standard InChI is InChI=1S/C24H34N6O5S/c31-23(26-14-21(24(32)33)29-36(34,35)16-17-5-2-1-3-6-17)19-13-27-30(15-19)12-10-20-9-8-18-7-4-11-25-22(18)28-20/h8-9,13,15,17,21,29H,1-7,10-12,14,16H2,(H,25,28)(H,26,31)(H,32,33). The molecule has 1 unspecified atom stereocenters. The van der Waals surface area contributed by atoms with E-state index in [0.29, 0.717) is 13.0 Å². The third-order valence-corrected chi connectivity index (χ3v) is 8.26. The number of carbonyl (C=O) groups is 2. The van der Waals surface area contributed by atoms with E-state index in [1.54, 1.807) is 10.9 Å². The summed E-state index contributed by atoms with van der Waals surface area (Å²) in [4.78, 5) is 28.8. The van der Waals surface area contributed by atoms with Crippen LogP contribution in [-0.4, -0.2) is 65.0 Å². The molecular weight excluding hydrogens is 484 g/mol. The van der Waals surface area contributed by atoms with E-state index in [2.05, 4.69) is 31.5 Å². The zero-order valence-electron chi connectivity index (χ0n) is 20.3. The summed E-state index contributed by atoms with van der Waals surface area (Å²) in [6, 6.07) is 2.65. The van der Waals surface area contributed by atoms with Gasteiger partial charge in [-0.3, -0.25) is 14.3 Å². The number of aromatic nitrogens is 3. The molecule has 1 fully saturated rings. The van der Waals surface area contributed by atoms with Gasteiger partial charge >= 0.3 is 5.97 Å². The highest BCUT2D eigenvalue weighted by Gasteiger charge is 2.28. The van der Waals surface area contributed by atoms with Gasteiger partial charge in [0.15, 0.2) is 0 Å². The van der Waals surface area contributed by atoms with Crippen molar-refractivity contribution in [2.45, 2.75) is 64.0 Å². The number of amides is 1. The van der Waals surface area contributed by atoms with E-state index in [4.69, 9.17) is 0 Å². The molecule has 12 heteroatoms. The Labute approximate surface area is 211 Å². The van der Waals surface area contributed by atoms with Crippen LogP contribution in [-0.2, 0) is 34.2 Å². The summed E-state index contributed by atoms with van der Waals surface area (Å²) in [5.41, 5.74) is 2.41. The maximum atomic E-state index is 12.5. The van der Waals surface area contributed by atoms with Crippen molar-refractivity contribution >= 4 is 27.7 Å². The molecule has 1 amide bonds. The van der Waals surface area contributed by atoms with Crippen LogP contribution in [0.4, 0.5) is 5.82 Å². The lowest BCUT2D eigenvalue weighted by atomic mass is 9.91. The van der Waals surface area contributed by atoms with Crippen LogP contribution in [0.1, 0.15) is 60.1 Å². The molecule has 0 aromatic carbocycles. The first-order valence-electron chi connectivity index (χ1n) is 12.6. The van der Waals surface area contributed by atoms with E-state index in [9.17, 15) is 23.1 Å². The van der Waals surface area contributed by atoms with Crippen molar-refractivity contribution in [1.82, 2.24) is 24.8 Å². The third kappa shape index (κ3) is 7.26. The van der Waals surface area contributed by atoms with Crippen LogP contribution in [0.15, 0.2) is 24.5 Å². The first-order valence-corrected chi connectivity index (χ1v) is 14.2. The summed E-state index contributed by atoms with van der Waals surface area (Å²) in [6.45, 7) is 1.08. The number of carboxylic acid groups (broad SMARTS) is 1. The average molecular weight is 519 g/mol. The number of aliphatic carboxylic acids is 1. The SMILES string of the molecule is O=C(NCC(NS(=O)(=O)CC1CCCCC1)C(=O)O)c1cnn(CCc2ccc3c(n2)NCCC3)c1. The number of carboxylic acids is 1. The molecule has 0 spiro atoms. The second-order valence-corrected chi connectivity index (χ2v) is 11.4. The molecule has 1 saturated carbocycles. The van der Waals surface area contributed by atoms with E-state index in [-0.39, 0.29) is 23.8 Å². The van der Waals surface area contributed by atoms with Gasteiger partial charge in [-0.1, -0.05) is 25.3 Å². The summed E-state index contributed by atoms with van der Waals surface area (Å²) in [5.74, 6) is -0.979. The minimum Gasteiger partial charge on any atom is -0.480 e. The fourth-order valence-electron chi connectivity index (χ4n) is 4.75. The van der Waals surface area contributed by atoms with Gasteiger partial charge in [0, 0.05) is 37.9 Å². The number of fused-ring (bicyclic) bond motifs is 1. The molecule has 0 radical (unpaired) electrons. The summed E-state index contributed by atoms with van der Waals surface area (Å²) in [7, 11) is -3.78. The highest BCUT2D eigenvalue weighted by atomic mass is 32.2. The lowest BCUT2D eigenvalue weighted by Gasteiger charge is -2.22. The Morgan fingerprint density at radius 3 is 2.78 bits per heavy atom. The molecule has 1 aliphatic carbocycles. The Kier molecular flexibility index (Phi) is 8.57. The molecule has 2 aromatic heterocycles. The van der Waals surface area contributed by atoms with Crippen molar-refractivity contribution < 1.29 is 23.1 Å². The largest absolute Gasteiger partial charge is 0.480 e. The number of carbonyl (C=O) groups excluding carboxylic acids is 1. The molecule has 0 bridgehead atoms. The maximum absolute atomic E-state index is 12.5. The molecule has 196 valence electrons. The van der Waals surface area contributed by atoms with Gasteiger partial charge in [0.1, 0.15) is 11.9 Å². The lowest BCUT2D eigenvalue weighted by Crippen LogP contribution is -2.49. The molecule has 1 aliphatic heterocycles. The molecular formula is C24H34N6O5S. The Morgan fingerprint density at radius 2 is 2.00 bits per heavy atom. The second-order valence-electron chi connectivity index (χ2n) is 9.59. The van der Waals surface area contributed by atoms with Gasteiger partial charge in [0.05, 0.1) is 17.5 Å². The number of nitrogens with one attached hydrogen (secondary N) is 3. The van der Waals surface area contributed by atoms with Crippen molar-refractivity contribution in [2.24, 2.45) is 5.92 Å². The molecule has 4 N–H and O–H groups in total. The van der Waals surface area contributed by atoms with Crippen LogP contribution in [0.5, 0.6) is 0 Å². The smallest absolute Gasteiger partial charge is 0.323 e. The van der Waals surface area contributed by atoms with E-state index < -0.39 is 27.9 Å². The molecule has 2 aromatic rings. The summed E-state index contributed by atoms with van der Waals surface area (Å²) < 4.78 is 28.8. The Hall–Kier alpha value is -2.99. The molecule has 36 heavy (non-hydrogen) atoms. The van der Waals surface area contributed by atoms with E-state index in [0.717, 1.165) is 63.0 Å². The number of aryl methyl sites for hydroxylation is 3. The predicted octanol–water partition coefficient (Wildman–Crippen LogP) is 1.56. The van der Waals surface area contributed by atoms with Crippen molar-refractivity contribution in [1.29, 1.82) is 0 Å². The molecule has 3 heterocycles. The van der Waals surface area contributed by atoms with Gasteiger partial charge in [-0.15, -0.1) is 0 Å². The van der Waals surface area contributed by atoms with Crippen LogP contribution in [0, 0.1) is 5.92 Å². The van der Waals surface area contributed by atoms with E-state index in [1.807, 2.05) is 6.07 Å². The lowest BCUT2D eigenvalue weighted by molar-refractivity contribution is -0.138. The second kappa shape index (κ2) is 11.8. The van der Waals surface area contributed by atoms with Crippen molar-refractivity contribution in [3.8, 4) is 0 Å². The van der Waals surface area contributed by atoms with E-state index >= 15 is 0 Å². The van der Waals surface area contributed by atoms with E-state index in [1.165, 1.54) is 11.8 Å². The first-order chi connectivity index (χ1) is 17.3. The summed E-state index contributed by atoms with van der Waals surface area (Å²) in [6.07, 6.45) is 10.5. The first kappa shape index (κ1) is 26.1. The van der Waals surface area contributed by atoms with Crippen molar-refractivity contribution in [2.75, 3.05) is 24.2 Å². The van der Waals surface area contributed by atoms with Crippen molar-refractivity contribution in [3.05, 3.63) is 41.3 Å². The molecule has 0 saturated heterocycles. The molecule has 2 aliphatic rings. The van der Waals surface area contributed by atoms with Gasteiger partial charge in [-0.2, -0.15) is 9.82 Å². The highest BCUT2D eigenvalue weighted by molar-refractivity contribution is 7.89. The van der Waals surface area contributed by atoms with Crippen LogP contribution in [0.2, 0.25) is 0 Å². The van der Waals surface area contributed by atoms with Gasteiger partial charge in [-0.25, -0.2) is 13.4 Å². The van der Waals surface area contributed by atoms with Crippen molar-refractivity contribution in [3.63, 3.8) is 0 Å². The number of pyridine rings is 1. The van der Waals surface area contributed by atoms with Gasteiger partial charge in [0.2, 0.25) is 10.0 Å². The summed E-state index contributed by atoms with van der Waals surface area (Å²) >= 11 is 0. The topological polar surface area (TPSA) is 155 Å². The molecule has 11 nitrogen and oxygen atoms in total. The maximum Gasteiger partial charge on any atom is 0.323 e. The predicted molar refractivity (Wildman–Crippen MR) is 134 cm³/mol. The zero-order valence-corrected chi connectivity index (χ0v) is 21.1. The van der Waals surface area contributed by atoms with Crippen LogP contribution >= 0.6 is 0 Å². The quantitative estimate of drug-likeness (QED) is 0.349. The fourth-order valence-corrected chi connectivity index (χ4v) is 6.41. The minimum atomic E-state index is -3.78. The van der Waals surface area contributed by atoms with Crippen LogP contribution in [0.25, 0.3) is 0 Å². The van der Waals surface area contributed by atoms with Gasteiger partial charge < -0.3 is 15.7 Å². The summed E-state index contributed by atoms with van der Waals surface area (Å²) in [5, 5.41) is 19.5. The average Bonchev–Trinajstić information content (AvgIpc) is 3.34.